The summed E-state index contributed by atoms with van der Waals surface area (Å²) < 4.78 is 6.55. The van der Waals surface area contributed by atoms with E-state index in [9.17, 15) is 14.9 Å². The minimum Gasteiger partial charge on any atom is -0.496 e. The maximum Gasteiger partial charge on any atom is 0.381 e. The highest BCUT2D eigenvalue weighted by Crippen LogP contribution is 2.21. The van der Waals surface area contributed by atoms with Crippen molar-refractivity contribution in [2.45, 2.75) is 13.5 Å². The van der Waals surface area contributed by atoms with Crippen LogP contribution in [0.25, 0.3) is 0 Å². The van der Waals surface area contributed by atoms with Crippen molar-refractivity contribution in [2.75, 3.05) is 7.11 Å². The molecule has 0 aliphatic heterocycles. The molecular weight excluding hydrogens is 262 g/mol. The van der Waals surface area contributed by atoms with Crippen molar-refractivity contribution in [1.29, 1.82) is 0 Å². The maximum absolute atomic E-state index is 12.2. The van der Waals surface area contributed by atoms with Crippen molar-refractivity contribution >= 4 is 11.6 Å². The number of methoxy groups -OCH3 is 1. The minimum atomic E-state index is -0.604. The van der Waals surface area contributed by atoms with Gasteiger partial charge in [-0.25, -0.2) is 0 Å². The second-order valence-electron chi connectivity index (χ2n) is 4.29. The lowest BCUT2D eigenvalue weighted by Crippen LogP contribution is -2.10. The molecule has 1 heterocycles. The fourth-order valence-electron chi connectivity index (χ4n) is 1.81. The molecule has 2 aromatic rings. The second kappa shape index (κ2) is 5.52. The third-order valence-electron chi connectivity index (χ3n) is 2.79. The van der Waals surface area contributed by atoms with Gasteiger partial charge in [0.2, 0.25) is 6.33 Å². The van der Waals surface area contributed by atoms with Crippen molar-refractivity contribution in [2.24, 2.45) is 0 Å². The molecule has 0 saturated carbocycles. The Labute approximate surface area is 115 Å². The van der Waals surface area contributed by atoms with E-state index >= 15 is 0 Å². The number of imidazole rings is 1. The van der Waals surface area contributed by atoms with Gasteiger partial charge in [-0.3, -0.25) is 4.79 Å². The van der Waals surface area contributed by atoms with Crippen molar-refractivity contribution in [3.63, 3.8) is 0 Å². The number of benzene rings is 1. The smallest absolute Gasteiger partial charge is 0.381 e. The van der Waals surface area contributed by atoms with Gasteiger partial charge in [-0.2, -0.15) is 0 Å². The van der Waals surface area contributed by atoms with Crippen LogP contribution in [-0.2, 0) is 6.54 Å². The van der Waals surface area contributed by atoms with Gasteiger partial charge in [-0.05, 0) is 34.5 Å². The Morgan fingerprint density at radius 2 is 2.25 bits per heavy atom. The van der Waals surface area contributed by atoms with Gasteiger partial charge in [0.15, 0.2) is 5.78 Å². The number of aromatic nitrogens is 2. The van der Waals surface area contributed by atoms with Crippen LogP contribution < -0.4 is 4.74 Å². The van der Waals surface area contributed by atoms with Crippen LogP contribution in [0.4, 0.5) is 5.82 Å². The van der Waals surface area contributed by atoms with Crippen LogP contribution in [0.2, 0.25) is 0 Å². The topological polar surface area (TPSA) is 87.3 Å². The summed E-state index contributed by atoms with van der Waals surface area (Å²) in [4.78, 5) is 25.7. The van der Waals surface area contributed by atoms with E-state index in [0.717, 1.165) is 5.56 Å². The normalized spacial score (nSPS) is 10.3. The zero-order chi connectivity index (χ0) is 14.7. The summed E-state index contributed by atoms with van der Waals surface area (Å²) in [6.07, 6.45) is 2.48. The first-order valence-corrected chi connectivity index (χ1v) is 5.85. The third kappa shape index (κ3) is 2.82. The molecule has 0 spiro atoms. The van der Waals surface area contributed by atoms with Crippen molar-refractivity contribution < 1.29 is 14.5 Å². The molecular formula is C13H13N3O4. The van der Waals surface area contributed by atoms with E-state index in [1.165, 1.54) is 24.2 Å². The lowest BCUT2D eigenvalue weighted by molar-refractivity contribution is -0.389. The van der Waals surface area contributed by atoms with Crippen LogP contribution in [0.1, 0.15) is 15.9 Å². The Balaban J connectivity index is 2.21. The first-order valence-electron chi connectivity index (χ1n) is 5.85. The monoisotopic (exact) mass is 275 g/mol. The van der Waals surface area contributed by atoms with Gasteiger partial charge in [0, 0.05) is 0 Å². The van der Waals surface area contributed by atoms with Crippen molar-refractivity contribution in [1.82, 2.24) is 9.55 Å². The fourth-order valence-corrected chi connectivity index (χ4v) is 1.81. The molecule has 1 aromatic heterocycles. The molecule has 0 N–H and O–H groups in total. The van der Waals surface area contributed by atoms with Crippen LogP contribution in [0.15, 0.2) is 30.7 Å². The SMILES string of the molecule is COc1cc(C)ccc1C(=O)Cn1cnc([N+](=O)[O-])c1. The van der Waals surface area contributed by atoms with E-state index in [0.29, 0.717) is 11.3 Å². The largest absolute Gasteiger partial charge is 0.496 e. The van der Waals surface area contributed by atoms with E-state index in [2.05, 4.69) is 4.98 Å². The van der Waals surface area contributed by atoms with E-state index in [1.54, 1.807) is 12.1 Å². The third-order valence-corrected chi connectivity index (χ3v) is 2.79. The minimum absolute atomic E-state index is 0.0275. The summed E-state index contributed by atoms with van der Waals surface area (Å²) in [5.41, 5.74) is 1.42. The average molecular weight is 275 g/mol. The standard InChI is InChI=1S/C13H13N3O4/c1-9-3-4-10(12(5-9)20-2)11(17)6-15-7-13(14-8-15)16(18)19/h3-5,7-8H,6H2,1-2H3. The Morgan fingerprint density at radius 3 is 2.85 bits per heavy atom. The molecule has 104 valence electrons. The summed E-state index contributed by atoms with van der Waals surface area (Å²) in [5.74, 6) is 0.00688. The Hall–Kier alpha value is -2.70. The molecule has 1 aromatic carbocycles. The Bertz CT molecular complexity index is 663. The fraction of sp³-hybridized carbons (Fsp3) is 0.231. The molecule has 7 nitrogen and oxygen atoms in total. The number of aryl methyl sites for hydroxylation is 1. The summed E-state index contributed by atoms with van der Waals surface area (Å²) in [5, 5.41) is 10.5. The molecule has 0 amide bonds. The van der Waals surface area contributed by atoms with E-state index in [1.807, 2.05) is 13.0 Å². The van der Waals surface area contributed by atoms with Gasteiger partial charge < -0.3 is 19.4 Å². The number of rotatable bonds is 5. The van der Waals surface area contributed by atoms with Gasteiger partial charge in [0.1, 0.15) is 11.9 Å². The summed E-state index contributed by atoms with van der Waals surface area (Å²) in [7, 11) is 1.49. The average Bonchev–Trinajstić information content (AvgIpc) is 2.87. The Kier molecular flexibility index (Phi) is 3.79. The van der Waals surface area contributed by atoms with E-state index < -0.39 is 4.92 Å². The van der Waals surface area contributed by atoms with Gasteiger partial charge in [-0.15, -0.1) is 0 Å². The molecule has 0 bridgehead atoms. The summed E-state index contributed by atoms with van der Waals surface area (Å²) in [6, 6.07) is 5.26. The number of carbonyl (C=O) groups excluding carboxylic acids is 1. The molecule has 20 heavy (non-hydrogen) atoms. The van der Waals surface area contributed by atoms with Crippen LogP contribution in [0.5, 0.6) is 5.75 Å². The first-order chi connectivity index (χ1) is 9.51. The number of nitro groups is 1. The molecule has 0 atom stereocenters. The zero-order valence-corrected chi connectivity index (χ0v) is 11.1. The second-order valence-corrected chi connectivity index (χ2v) is 4.29. The lowest BCUT2D eigenvalue weighted by atomic mass is 10.1. The van der Waals surface area contributed by atoms with Crippen LogP contribution in [0, 0.1) is 17.0 Å². The quantitative estimate of drug-likeness (QED) is 0.473. The van der Waals surface area contributed by atoms with Gasteiger partial charge in [0.05, 0.1) is 19.2 Å². The first kappa shape index (κ1) is 13.7. The van der Waals surface area contributed by atoms with Crippen LogP contribution >= 0.6 is 0 Å². The van der Waals surface area contributed by atoms with E-state index in [4.69, 9.17) is 4.74 Å². The molecule has 0 aliphatic carbocycles. The van der Waals surface area contributed by atoms with Crippen LogP contribution in [0.3, 0.4) is 0 Å². The molecule has 7 heteroatoms. The van der Waals surface area contributed by atoms with Crippen LogP contribution in [-0.4, -0.2) is 27.4 Å². The lowest BCUT2D eigenvalue weighted by Gasteiger charge is -2.08. The van der Waals surface area contributed by atoms with Crippen molar-refractivity contribution in [3.8, 4) is 5.75 Å². The highest BCUT2D eigenvalue weighted by atomic mass is 16.6. The molecule has 0 aliphatic rings. The Morgan fingerprint density at radius 1 is 1.50 bits per heavy atom. The highest BCUT2D eigenvalue weighted by Gasteiger charge is 2.16. The predicted octanol–water partition coefficient (Wildman–Crippen LogP) is 1.99. The number of ether oxygens (including phenoxy) is 1. The molecule has 0 unspecified atom stereocenters. The van der Waals surface area contributed by atoms with Gasteiger partial charge >= 0.3 is 5.82 Å². The number of ketones is 1. The highest BCUT2D eigenvalue weighted by molar-refractivity contribution is 5.98. The van der Waals surface area contributed by atoms with E-state index in [-0.39, 0.29) is 18.1 Å². The maximum atomic E-state index is 12.2. The number of carbonyl (C=O) groups is 1. The molecule has 2 rings (SSSR count). The molecule has 0 fully saturated rings. The van der Waals surface area contributed by atoms with Crippen molar-refractivity contribution in [3.05, 3.63) is 52.0 Å². The molecule has 0 saturated heterocycles. The van der Waals surface area contributed by atoms with Gasteiger partial charge in [-0.1, -0.05) is 6.07 Å². The number of hydrogen-bond acceptors (Lipinski definition) is 5. The van der Waals surface area contributed by atoms with Gasteiger partial charge in [0.25, 0.3) is 0 Å². The molecule has 0 radical (unpaired) electrons. The number of Topliss-reactive ketones (excluding diaryl/α,β-unsaturated/α-hetero) is 1. The summed E-state index contributed by atoms with van der Waals surface area (Å²) in [6.45, 7) is 1.87. The summed E-state index contributed by atoms with van der Waals surface area (Å²) >= 11 is 0. The predicted molar refractivity (Wildman–Crippen MR) is 70.9 cm³/mol. The zero-order valence-electron chi connectivity index (χ0n) is 11.1. The number of hydrogen-bond donors (Lipinski definition) is 0. The number of nitrogens with zero attached hydrogens (tertiary/aromatic N) is 3.